The molecule has 2 rings (SSSR count). The third kappa shape index (κ3) is 7.50. The van der Waals surface area contributed by atoms with Crippen LogP contribution in [0.15, 0.2) is 28.7 Å². The van der Waals surface area contributed by atoms with Crippen molar-refractivity contribution in [3.8, 4) is 0 Å². The highest BCUT2D eigenvalue weighted by atomic mass is 79.9. The third-order valence-corrected chi connectivity index (χ3v) is 4.78. The Bertz CT molecular complexity index is 700. The number of nitrogens with zero attached hydrogens (tertiary/aromatic N) is 2. The standard InChI is InChI=1S/C20H28BrN3O4/c1-20(2,3)28-19(27)22-14-18(26)24-10-4-9-23(11-12-24)17(25)13-15-5-7-16(21)8-6-15/h5-8H,4,9-14H2,1-3H3,(H,22,27). The molecular formula is C20H28BrN3O4. The van der Waals surface area contributed by atoms with E-state index in [2.05, 4.69) is 21.2 Å². The Balaban J connectivity index is 1.80. The number of alkyl carbamates (subject to hydrolysis) is 1. The first-order valence-electron chi connectivity index (χ1n) is 9.41. The molecule has 0 bridgehead atoms. The van der Waals surface area contributed by atoms with Gasteiger partial charge in [-0.15, -0.1) is 0 Å². The molecule has 3 amide bonds. The van der Waals surface area contributed by atoms with Crippen LogP contribution in [0.4, 0.5) is 4.79 Å². The summed E-state index contributed by atoms with van der Waals surface area (Å²) in [5, 5.41) is 2.49. The largest absolute Gasteiger partial charge is 0.444 e. The van der Waals surface area contributed by atoms with Crippen LogP contribution in [0.1, 0.15) is 32.8 Å². The van der Waals surface area contributed by atoms with Crippen molar-refractivity contribution in [3.05, 3.63) is 34.3 Å². The van der Waals surface area contributed by atoms with Crippen LogP contribution in [0.25, 0.3) is 0 Å². The highest BCUT2D eigenvalue weighted by molar-refractivity contribution is 9.10. The molecule has 1 N–H and O–H groups in total. The molecule has 1 aromatic carbocycles. The van der Waals surface area contributed by atoms with Gasteiger partial charge in [-0.1, -0.05) is 28.1 Å². The third-order valence-electron chi connectivity index (χ3n) is 4.25. The van der Waals surface area contributed by atoms with E-state index in [0.717, 1.165) is 10.0 Å². The summed E-state index contributed by atoms with van der Waals surface area (Å²) in [6.07, 6.45) is 0.452. The van der Waals surface area contributed by atoms with E-state index < -0.39 is 11.7 Å². The molecule has 0 aromatic heterocycles. The number of hydrogen-bond acceptors (Lipinski definition) is 4. The smallest absolute Gasteiger partial charge is 0.408 e. The van der Waals surface area contributed by atoms with Gasteiger partial charge in [-0.25, -0.2) is 4.79 Å². The first-order valence-corrected chi connectivity index (χ1v) is 10.2. The maximum absolute atomic E-state index is 12.6. The molecule has 1 aliphatic heterocycles. The van der Waals surface area contributed by atoms with Crippen LogP contribution < -0.4 is 5.32 Å². The molecule has 1 heterocycles. The van der Waals surface area contributed by atoms with E-state index >= 15 is 0 Å². The summed E-state index contributed by atoms with van der Waals surface area (Å²) in [6.45, 7) is 7.33. The van der Waals surface area contributed by atoms with Gasteiger partial charge in [0.1, 0.15) is 12.1 Å². The predicted molar refractivity (Wildman–Crippen MR) is 110 cm³/mol. The molecule has 8 heteroatoms. The Hall–Kier alpha value is -2.09. The maximum atomic E-state index is 12.6. The van der Waals surface area contributed by atoms with Crippen molar-refractivity contribution in [3.63, 3.8) is 0 Å². The van der Waals surface area contributed by atoms with Crippen molar-refractivity contribution in [2.45, 2.75) is 39.2 Å². The second-order valence-corrected chi connectivity index (χ2v) is 8.69. The summed E-state index contributed by atoms with van der Waals surface area (Å²) < 4.78 is 6.12. The van der Waals surface area contributed by atoms with E-state index in [-0.39, 0.29) is 18.4 Å². The highest BCUT2D eigenvalue weighted by Crippen LogP contribution is 2.13. The predicted octanol–water partition coefficient (Wildman–Crippen LogP) is 2.58. The van der Waals surface area contributed by atoms with Gasteiger partial charge in [0.05, 0.1) is 6.42 Å². The fraction of sp³-hybridized carbons (Fsp3) is 0.550. The lowest BCUT2D eigenvalue weighted by Gasteiger charge is -2.23. The molecule has 154 valence electrons. The first kappa shape index (κ1) is 22.2. The number of ether oxygens (including phenoxy) is 1. The molecule has 0 aliphatic carbocycles. The Kier molecular flexibility index (Phi) is 7.86. The molecule has 1 saturated heterocycles. The minimum absolute atomic E-state index is 0.0588. The van der Waals surface area contributed by atoms with E-state index in [1.54, 1.807) is 30.6 Å². The van der Waals surface area contributed by atoms with Crippen LogP contribution in [0.3, 0.4) is 0 Å². The fourth-order valence-corrected chi connectivity index (χ4v) is 3.14. The number of amides is 3. The summed E-state index contributed by atoms with van der Waals surface area (Å²) in [4.78, 5) is 40.1. The van der Waals surface area contributed by atoms with Gasteiger partial charge in [0.15, 0.2) is 0 Å². The zero-order valence-corrected chi connectivity index (χ0v) is 18.3. The van der Waals surface area contributed by atoms with Crippen molar-refractivity contribution in [2.75, 3.05) is 32.7 Å². The topological polar surface area (TPSA) is 79.0 Å². The van der Waals surface area contributed by atoms with Gasteiger partial charge in [-0.2, -0.15) is 0 Å². The zero-order chi connectivity index (χ0) is 20.7. The van der Waals surface area contributed by atoms with Crippen molar-refractivity contribution >= 4 is 33.8 Å². The van der Waals surface area contributed by atoms with Gasteiger partial charge in [0, 0.05) is 30.7 Å². The minimum atomic E-state index is -0.609. The van der Waals surface area contributed by atoms with Crippen molar-refractivity contribution in [1.29, 1.82) is 0 Å². The Morgan fingerprint density at radius 1 is 1.00 bits per heavy atom. The van der Waals surface area contributed by atoms with Crippen LogP contribution in [0, 0.1) is 0 Å². The number of hydrogen-bond donors (Lipinski definition) is 1. The number of carbonyl (C=O) groups excluding carboxylic acids is 3. The lowest BCUT2D eigenvalue weighted by molar-refractivity contribution is -0.132. The van der Waals surface area contributed by atoms with E-state index in [1.807, 2.05) is 24.3 Å². The van der Waals surface area contributed by atoms with Crippen LogP contribution in [-0.2, 0) is 20.7 Å². The number of benzene rings is 1. The normalized spacial score (nSPS) is 15.0. The van der Waals surface area contributed by atoms with Gasteiger partial charge >= 0.3 is 6.09 Å². The second kappa shape index (κ2) is 9.91. The van der Waals surface area contributed by atoms with Crippen LogP contribution >= 0.6 is 15.9 Å². The zero-order valence-electron chi connectivity index (χ0n) is 16.7. The van der Waals surface area contributed by atoms with E-state index in [4.69, 9.17) is 4.74 Å². The monoisotopic (exact) mass is 453 g/mol. The van der Waals surface area contributed by atoms with Gasteiger partial charge in [-0.3, -0.25) is 9.59 Å². The summed E-state index contributed by atoms with van der Waals surface area (Å²) in [6, 6.07) is 7.70. The quantitative estimate of drug-likeness (QED) is 0.759. The molecule has 7 nitrogen and oxygen atoms in total. The Labute approximate surface area is 174 Å². The van der Waals surface area contributed by atoms with Crippen molar-refractivity contribution in [2.24, 2.45) is 0 Å². The fourth-order valence-electron chi connectivity index (χ4n) is 2.88. The molecule has 0 unspecified atom stereocenters. The van der Waals surface area contributed by atoms with E-state index in [1.165, 1.54) is 0 Å². The highest BCUT2D eigenvalue weighted by Gasteiger charge is 2.23. The van der Waals surface area contributed by atoms with Gasteiger partial charge in [-0.05, 0) is 44.9 Å². The molecule has 0 spiro atoms. The molecule has 0 saturated carbocycles. The first-order chi connectivity index (χ1) is 13.1. The second-order valence-electron chi connectivity index (χ2n) is 7.77. The van der Waals surface area contributed by atoms with Crippen LogP contribution in [-0.4, -0.2) is 66.0 Å². The molecule has 1 fully saturated rings. The lowest BCUT2D eigenvalue weighted by Crippen LogP contribution is -2.43. The molecule has 0 radical (unpaired) electrons. The Morgan fingerprint density at radius 2 is 1.57 bits per heavy atom. The lowest BCUT2D eigenvalue weighted by atomic mass is 10.1. The number of nitrogens with one attached hydrogen (secondary N) is 1. The average molecular weight is 454 g/mol. The average Bonchev–Trinajstić information content (AvgIpc) is 2.86. The van der Waals surface area contributed by atoms with E-state index in [9.17, 15) is 14.4 Å². The Morgan fingerprint density at radius 3 is 2.14 bits per heavy atom. The van der Waals surface area contributed by atoms with Crippen LogP contribution in [0.5, 0.6) is 0 Å². The molecular weight excluding hydrogens is 426 g/mol. The maximum Gasteiger partial charge on any atom is 0.408 e. The van der Waals surface area contributed by atoms with Crippen molar-refractivity contribution in [1.82, 2.24) is 15.1 Å². The van der Waals surface area contributed by atoms with Crippen LogP contribution in [0.2, 0.25) is 0 Å². The summed E-state index contributed by atoms with van der Waals surface area (Å²) >= 11 is 3.39. The molecule has 1 aromatic rings. The SMILES string of the molecule is CC(C)(C)OC(=O)NCC(=O)N1CCCN(C(=O)Cc2ccc(Br)cc2)CC1. The van der Waals surface area contributed by atoms with Gasteiger partial charge < -0.3 is 19.9 Å². The molecule has 0 atom stereocenters. The van der Waals surface area contributed by atoms with E-state index in [0.29, 0.717) is 39.0 Å². The number of halogens is 1. The van der Waals surface area contributed by atoms with Gasteiger partial charge in [0.2, 0.25) is 11.8 Å². The summed E-state index contributed by atoms with van der Waals surface area (Å²) in [7, 11) is 0. The summed E-state index contributed by atoms with van der Waals surface area (Å²) in [5.41, 5.74) is 0.359. The summed E-state index contributed by atoms with van der Waals surface area (Å²) in [5.74, 6) is -0.114. The molecule has 28 heavy (non-hydrogen) atoms. The number of rotatable bonds is 4. The van der Waals surface area contributed by atoms with Gasteiger partial charge in [0.25, 0.3) is 0 Å². The molecule has 1 aliphatic rings. The number of carbonyl (C=O) groups is 3. The minimum Gasteiger partial charge on any atom is -0.444 e. The van der Waals surface area contributed by atoms with Crippen molar-refractivity contribution < 1.29 is 19.1 Å².